The Labute approximate surface area is 199 Å². The van der Waals surface area contributed by atoms with Crippen LogP contribution in [0.3, 0.4) is 0 Å². The van der Waals surface area contributed by atoms with E-state index in [2.05, 4.69) is 65.0 Å². The lowest BCUT2D eigenvalue weighted by Gasteiger charge is -2.66. The second-order valence-electron chi connectivity index (χ2n) is 12.0. The Morgan fingerprint density at radius 2 is 1.79 bits per heavy atom. The Bertz CT molecular complexity index is 1000. The summed E-state index contributed by atoms with van der Waals surface area (Å²) in [6, 6.07) is 10.4. The molecule has 33 heavy (non-hydrogen) atoms. The van der Waals surface area contributed by atoms with Crippen molar-refractivity contribution >= 4 is 11.5 Å². The average molecular weight is 449 g/mol. The molecule has 3 aliphatic carbocycles. The lowest BCUT2D eigenvalue weighted by atomic mass is 9.41. The van der Waals surface area contributed by atoms with Gasteiger partial charge in [-0.05, 0) is 73.7 Å². The molecule has 1 saturated heterocycles. The number of hydrogen-bond donors (Lipinski definition) is 0. The summed E-state index contributed by atoms with van der Waals surface area (Å²) in [4.78, 5) is 12.3. The van der Waals surface area contributed by atoms with Crippen molar-refractivity contribution in [1.29, 1.82) is 0 Å². The highest BCUT2D eigenvalue weighted by atomic mass is 16.5. The van der Waals surface area contributed by atoms with Crippen LogP contribution in [0.4, 0.5) is 0 Å². The molecule has 0 N–H and O–H groups in total. The Morgan fingerprint density at radius 1 is 1.06 bits per heavy atom. The third kappa shape index (κ3) is 3.21. The van der Waals surface area contributed by atoms with Crippen LogP contribution in [0.2, 0.25) is 0 Å². The zero-order valence-corrected chi connectivity index (χ0v) is 21.2. The summed E-state index contributed by atoms with van der Waals surface area (Å²) < 4.78 is 12.9. The molecule has 1 aliphatic heterocycles. The molecule has 6 unspecified atom stereocenters. The molecule has 1 heterocycles. The first-order valence-electron chi connectivity index (χ1n) is 13.0. The van der Waals surface area contributed by atoms with Gasteiger partial charge in [0.05, 0.1) is 17.6 Å². The maximum atomic E-state index is 12.3. The van der Waals surface area contributed by atoms with E-state index in [-0.39, 0.29) is 22.2 Å². The predicted molar refractivity (Wildman–Crippen MR) is 132 cm³/mol. The Hall–Kier alpha value is -1.87. The summed E-state index contributed by atoms with van der Waals surface area (Å²) in [5.41, 5.74) is 3.60. The standard InChI is InChI=1S/C30H40O3/c1-19(2)24-14-16-28(4)25-13-12-22-18-23(21-10-8-7-9-11-21)27(32-20(3)31)30(22,6)29(25,5)17-15-26(28)33-24/h7-11,18-19,24-26H,12-17H2,1-6H3. The highest BCUT2D eigenvalue weighted by Gasteiger charge is 2.66. The van der Waals surface area contributed by atoms with Gasteiger partial charge < -0.3 is 9.47 Å². The third-order valence-corrected chi connectivity index (χ3v) is 10.1. The molecular weight excluding hydrogens is 408 g/mol. The van der Waals surface area contributed by atoms with Gasteiger partial charge in [0, 0.05) is 12.5 Å². The maximum Gasteiger partial charge on any atom is 0.307 e. The van der Waals surface area contributed by atoms with Gasteiger partial charge >= 0.3 is 5.97 Å². The van der Waals surface area contributed by atoms with Crippen LogP contribution in [0.15, 0.2) is 47.7 Å². The Morgan fingerprint density at radius 3 is 2.45 bits per heavy atom. The highest BCUT2D eigenvalue weighted by molar-refractivity contribution is 5.84. The van der Waals surface area contributed by atoms with E-state index in [0.29, 0.717) is 24.0 Å². The molecule has 3 nitrogen and oxygen atoms in total. The fourth-order valence-corrected chi connectivity index (χ4v) is 8.10. The number of benzene rings is 1. The van der Waals surface area contributed by atoms with Crippen LogP contribution in [-0.2, 0) is 14.3 Å². The highest BCUT2D eigenvalue weighted by Crippen LogP contribution is 2.72. The normalized spacial score (nSPS) is 40.1. The van der Waals surface area contributed by atoms with Gasteiger partial charge in [0.15, 0.2) is 0 Å². The number of allylic oxidation sites excluding steroid dienone is 3. The molecule has 1 aromatic rings. The van der Waals surface area contributed by atoms with E-state index in [4.69, 9.17) is 9.47 Å². The molecule has 0 spiro atoms. The monoisotopic (exact) mass is 448 g/mol. The topological polar surface area (TPSA) is 35.5 Å². The van der Waals surface area contributed by atoms with Crippen molar-refractivity contribution in [2.45, 2.75) is 92.3 Å². The zero-order chi connectivity index (χ0) is 23.6. The van der Waals surface area contributed by atoms with Gasteiger partial charge in [-0.15, -0.1) is 0 Å². The maximum absolute atomic E-state index is 12.3. The molecule has 0 aromatic heterocycles. The summed E-state index contributed by atoms with van der Waals surface area (Å²) >= 11 is 0. The van der Waals surface area contributed by atoms with Gasteiger partial charge in [-0.3, -0.25) is 4.79 Å². The lowest BCUT2D eigenvalue weighted by Crippen LogP contribution is -2.62. The minimum absolute atomic E-state index is 0.0255. The fraction of sp³-hybridized carbons (Fsp3) is 0.633. The van der Waals surface area contributed by atoms with Crippen molar-refractivity contribution < 1.29 is 14.3 Å². The van der Waals surface area contributed by atoms with E-state index >= 15 is 0 Å². The summed E-state index contributed by atoms with van der Waals surface area (Å²) in [5, 5.41) is 0. The van der Waals surface area contributed by atoms with E-state index in [9.17, 15) is 4.79 Å². The largest absolute Gasteiger partial charge is 0.430 e. The van der Waals surface area contributed by atoms with Crippen molar-refractivity contribution in [3.63, 3.8) is 0 Å². The summed E-state index contributed by atoms with van der Waals surface area (Å²) in [6.07, 6.45) is 9.89. The van der Waals surface area contributed by atoms with Gasteiger partial charge in [0.2, 0.25) is 0 Å². The minimum Gasteiger partial charge on any atom is -0.430 e. The number of ether oxygens (including phenoxy) is 2. The second-order valence-corrected chi connectivity index (χ2v) is 12.0. The SMILES string of the molecule is CC(=O)OC1=C(c2ccccc2)C=C2CCC3C4(C)CCC(C(C)C)OC4CCC3(C)C21C. The lowest BCUT2D eigenvalue weighted by molar-refractivity contribution is -0.223. The fourth-order valence-electron chi connectivity index (χ4n) is 8.10. The van der Waals surface area contributed by atoms with Crippen LogP contribution in [0, 0.1) is 28.1 Å². The summed E-state index contributed by atoms with van der Waals surface area (Å²) in [7, 11) is 0. The van der Waals surface area contributed by atoms with Crippen molar-refractivity contribution in [1.82, 2.24) is 0 Å². The molecule has 3 fully saturated rings. The number of carbonyl (C=O) groups excluding carboxylic acids is 1. The molecule has 2 saturated carbocycles. The summed E-state index contributed by atoms with van der Waals surface area (Å²) in [6.45, 7) is 13.5. The number of esters is 1. The molecule has 0 bridgehead atoms. The van der Waals surface area contributed by atoms with Crippen LogP contribution in [-0.4, -0.2) is 18.2 Å². The zero-order valence-electron chi connectivity index (χ0n) is 21.2. The number of rotatable bonds is 3. The quantitative estimate of drug-likeness (QED) is 0.454. The second kappa shape index (κ2) is 7.83. The Balaban J connectivity index is 1.59. The molecule has 0 amide bonds. The van der Waals surface area contributed by atoms with Gasteiger partial charge in [0.25, 0.3) is 0 Å². The molecule has 0 radical (unpaired) electrons. The van der Waals surface area contributed by atoms with Crippen LogP contribution in [0.1, 0.15) is 85.6 Å². The van der Waals surface area contributed by atoms with Crippen molar-refractivity contribution in [2.24, 2.45) is 28.1 Å². The van der Waals surface area contributed by atoms with Crippen LogP contribution >= 0.6 is 0 Å². The predicted octanol–water partition coefficient (Wildman–Crippen LogP) is 7.33. The van der Waals surface area contributed by atoms with Crippen LogP contribution < -0.4 is 0 Å². The van der Waals surface area contributed by atoms with E-state index in [1.165, 1.54) is 18.4 Å². The van der Waals surface area contributed by atoms with E-state index in [1.807, 2.05) is 6.07 Å². The molecule has 4 aliphatic rings. The van der Waals surface area contributed by atoms with E-state index in [0.717, 1.165) is 42.6 Å². The first kappa shape index (κ1) is 22.9. The van der Waals surface area contributed by atoms with Crippen molar-refractivity contribution in [3.8, 4) is 0 Å². The number of fused-ring (bicyclic) bond motifs is 5. The average Bonchev–Trinajstić information content (AvgIpc) is 3.06. The van der Waals surface area contributed by atoms with E-state index in [1.54, 1.807) is 6.92 Å². The minimum atomic E-state index is -0.268. The van der Waals surface area contributed by atoms with Gasteiger partial charge in [-0.25, -0.2) is 0 Å². The van der Waals surface area contributed by atoms with E-state index < -0.39 is 0 Å². The number of hydrogen-bond acceptors (Lipinski definition) is 3. The van der Waals surface area contributed by atoms with Gasteiger partial charge in [-0.2, -0.15) is 0 Å². The first-order valence-corrected chi connectivity index (χ1v) is 13.0. The molecule has 6 atom stereocenters. The summed E-state index contributed by atoms with van der Waals surface area (Å²) in [5.74, 6) is 1.77. The third-order valence-electron chi connectivity index (χ3n) is 10.1. The number of carbonyl (C=O) groups is 1. The molecule has 3 heteroatoms. The molecule has 1 aromatic carbocycles. The smallest absolute Gasteiger partial charge is 0.307 e. The Kier molecular flexibility index (Phi) is 5.44. The van der Waals surface area contributed by atoms with Crippen molar-refractivity contribution in [2.75, 3.05) is 0 Å². The van der Waals surface area contributed by atoms with Gasteiger partial charge in [0.1, 0.15) is 5.76 Å². The molecular formula is C30H40O3. The van der Waals surface area contributed by atoms with Gasteiger partial charge in [-0.1, -0.05) is 69.7 Å². The molecule has 5 rings (SSSR count). The first-order chi connectivity index (χ1) is 15.6. The van der Waals surface area contributed by atoms with Crippen LogP contribution in [0.5, 0.6) is 0 Å². The van der Waals surface area contributed by atoms with Crippen molar-refractivity contribution in [3.05, 3.63) is 53.3 Å². The van der Waals surface area contributed by atoms with Crippen LogP contribution in [0.25, 0.3) is 5.57 Å². The molecule has 178 valence electrons.